The standard InChI is InChI=1S/C13H13Cl2FN2O/c1-4-19-12-6-11(10(16)5-9(12)14)18-8(3)13(15)7(2)17-18/h5-6H,4H2,1-3H3. The second-order valence-corrected chi connectivity index (χ2v) is 4.85. The highest BCUT2D eigenvalue weighted by molar-refractivity contribution is 6.32. The second-order valence-electron chi connectivity index (χ2n) is 4.06. The van der Waals surface area contributed by atoms with Gasteiger partial charge in [-0.2, -0.15) is 5.10 Å². The summed E-state index contributed by atoms with van der Waals surface area (Å²) in [5.74, 6) is -0.0556. The van der Waals surface area contributed by atoms with Gasteiger partial charge in [0.25, 0.3) is 0 Å². The summed E-state index contributed by atoms with van der Waals surface area (Å²) in [6.45, 7) is 5.82. The maximum atomic E-state index is 14.0. The maximum Gasteiger partial charge on any atom is 0.150 e. The van der Waals surface area contributed by atoms with Crippen molar-refractivity contribution in [2.45, 2.75) is 20.8 Å². The summed E-state index contributed by atoms with van der Waals surface area (Å²) in [7, 11) is 0. The fourth-order valence-electron chi connectivity index (χ4n) is 1.81. The molecular weight excluding hydrogens is 290 g/mol. The third-order valence-corrected chi connectivity index (χ3v) is 3.57. The highest BCUT2D eigenvalue weighted by Crippen LogP contribution is 2.31. The molecule has 0 spiro atoms. The molecule has 2 rings (SSSR count). The largest absolute Gasteiger partial charge is 0.492 e. The number of hydrogen-bond acceptors (Lipinski definition) is 2. The average molecular weight is 303 g/mol. The molecule has 3 nitrogen and oxygen atoms in total. The Balaban J connectivity index is 2.61. The molecule has 0 N–H and O–H groups in total. The number of aryl methyl sites for hydroxylation is 1. The molecule has 1 heterocycles. The molecule has 0 saturated heterocycles. The number of hydrogen-bond donors (Lipinski definition) is 0. The van der Waals surface area contributed by atoms with Gasteiger partial charge in [-0.15, -0.1) is 0 Å². The van der Waals surface area contributed by atoms with E-state index in [2.05, 4.69) is 5.10 Å². The van der Waals surface area contributed by atoms with Crippen molar-refractivity contribution in [3.63, 3.8) is 0 Å². The summed E-state index contributed by atoms with van der Waals surface area (Å²) >= 11 is 12.0. The molecule has 102 valence electrons. The SMILES string of the molecule is CCOc1cc(-n2nc(C)c(Cl)c2C)c(F)cc1Cl. The molecule has 6 heteroatoms. The summed E-state index contributed by atoms with van der Waals surface area (Å²) in [6, 6.07) is 2.74. The van der Waals surface area contributed by atoms with E-state index < -0.39 is 5.82 Å². The van der Waals surface area contributed by atoms with Crippen molar-refractivity contribution in [2.75, 3.05) is 6.61 Å². The predicted molar refractivity (Wildman–Crippen MR) is 74.2 cm³/mol. The Labute approximate surface area is 120 Å². The van der Waals surface area contributed by atoms with Gasteiger partial charge in [0, 0.05) is 6.07 Å². The van der Waals surface area contributed by atoms with E-state index in [4.69, 9.17) is 27.9 Å². The van der Waals surface area contributed by atoms with Crippen LogP contribution in [0.2, 0.25) is 10.0 Å². The van der Waals surface area contributed by atoms with Gasteiger partial charge >= 0.3 is 0 Å². The quantitative estimate of drug-likeness (QED) is 0.843. The molecule has 0 amide bonds. The van der Waals surface area contributed by atoms with Crippen LogP contribution < -0.4 is 4.74 Å². The Morgan fingerprint density at radius 1 is 1.32 bits per heavy atom. The molecule has 19 heavy (non-hydrogen) atoms. The van der Waals surface area contributed by atoms with Crippen molar-refractivity contribution in [3.05, 3.63) is 39.4 Å². The first-order valence-corrected chi connectivity index (χ1v) is 6.55. The first-order chi connectivity index (χ1) is 8.95. The molecule has 0 aliphatic carbocycles. The minimum atomic E-state index is -0.476. The lowest BCUT2D eigenvalue weighted by Gasteiger charge is -2.11. The van der Waals surface area contributed by atoms with Gasteiger partial charge in [-0.1, -0.05) is 23.2 Å². The Hall–Kier alpha value is -1.26. The first-order valence-electron chi connectivity index (χ1n) is 5.79. The lowest BCUT2D eigenvalue weighted by molar-refractivity contribution is 0.339. The van der Waals surface area contributed by atoms with Crippen LogP contribution in [0.5, 0.6) is 5.75 Å². The van der Waals surface area contributed by atoms with Crippen LogP contribution in [0, 0.1) is 19.7 Å². The minimum absolute atomic E-state index is 0.232. The minimum Gasteiger partial charge on any atom is -0.492 e. The van der Waals surface area contributed by atoms with Gasteiger partial charge in [0.05, 0.1) is 28.0 Å². The van der Waals surface area contributed by atoms with Crippen LogP contribution in [0.25, 0.3) is 5.69 Å². The lowest BCUT2D eigenvalue weighted by Crippen LogP contribution is -2.04. The molecule has 2 aromatic rings. The summed E-state index contributed by atoms with van der Waals surface area (Å²) in [5.41, 5.74) is 1.58. The molecule has 1 aromatic carbocycles. The molecule has 0 radical (unpaired) electrons. The van der Waals surface area contributed by atoms with E-state index in [1.807, 2.05) is 6.92 Å². The molecule has 0 fully saturated rings. The van der Waals surface area contributed by atoms with Gasteiger partial charge in [-0.05, 0) is 26.8 Å². The maximum absolute atomic E-state index is 14.0. The number of aromatic nitrogens is 2. The Morgan fingerprint density at radius 3 is 2.53 bits per heavy atom. The van der Waals surface area contributed by atoms with Crippen LogP contribution in [0.4, 0.5) is 4.39 Å². The van der Waals surface area contributed by atoms with E-state index in [1.54, 1.807) is 13.8 Å². The first kappa shape index (κ1) is 14.2. The normalized spacial score (nSPS) is 10.8. The zero-order valence-corrected chi connectivity index (χ0v) is 12.3. The van der Waals surface area contributed by atoms with Crippen molar-refractivity contribution in [1.29, 1.82) is 0 Å². The van der Waals surface area contributed by atoms with Crippen molar-refractivity contribution in [1.82, 2.24) is 9.78 Å². The van der Waals surface area contributed by atoms with Gasteiger partial charge in [0.15, 0.2) is 5.82 Å². The molecule has 1 aromatic heterocycles. The van der Waals surface area contributed by atoms with Crippen molar-refractivity contribution >= 4 is 23.2 Å². The number of halogens is 3. The van der Waals surface area contributed by atoms with Gasteiger partial charge in [0.2, 0.25) is 0 Å². The van der Waals surface area contributed by atoms with E-state index in [1.165, 1.54) is 16.8 Å². The highest BCUT2D eigenvalue weighted by atomic mass is 35.5. The summed E-state index contributed by atoms with van der Waals surface area (Å²) in [5, 5.41) is 4.97. The number of rotatable bonds is 3. The van der Waals surface area contributed by atoms with Gasteiger partial charge in [-0.3, -0.25) is 0 Å². The highest BCUT2D eigenvalue weighted by Gasteiger charge is 2.16. The topological polar surface area (TPSA) is 27.1 Å². The van der Waals surface area contributed by atoms with Crippen molar-refractivity contribution < 1.29 is 9.13 Å². The summed E-state index contributed by atoms with van der Waals surface area (Å²) in [6.07, 6.45) is 0. The third kappa shape index (κ3) is 2.55. The number of nitrogens with zero attached hydrogens (tertiary/aromatic N) is 2. The Morgan fingerprint density at radius 2 is 2.00 bits per heavy atom. The predicted octanol–water partition coefficient (Wildman–Crippen LogP) is 4.33. The zero-order valence-electron chi connectivity index (χ0n) is 10.8. The van der Waals surface area contributed by atoms with Crippen molar-refractivity contribution in [2.24, 2.45) is 0 Å². The molecule has 0 bridgehead atoms. The van der Waals surface area contributed by atoms with Crippen LogP contribution in [0.3, 0.4) is 0 Å². The summed E-state index contributed by atoms with van der Waals surface area (Å²) < 4.78 is 20.8. The third-order valence-electron chi connectivity index (χ3n) is 2.73. The van der Waals surface area contributed by atoms with Crippen LogP contribution in [0.15, 0.2) is 12.1 Å². The summed E-state index contributed by atoms with van der Waals surface area (Å²) in [4.78, 5) is 0. The number of ether oxygens (including phenoxy) is 1. The van der Waals surface area contributed by atoms with Gasteiger partial charge in [-0.25, -0.2) is 9.07 Å². The van der Waals surface area contributed by atoms with Crippen molar-refractivity contribution in [3.8, 4) is 11.4 Å². The Bertz CT molecular complexity index is 626. The van der Waals surface area contributed by atoms with E-state index in [-0.39, 0.29) is 10.7 Å². The van der Waals surface area contributed by atoms with Crippen LogP contribution in [0.1, 0.15) is 18.3 Å². The fraction of sp³-hybridized carbons (Fsp3) is 0.308. The van der Waals surface area contributed by atoms with Crippen LogP contribution >= 0.6 is 23.2 Å². The molecular formula is C13H13Cl2FN2O. The fourth-order valence-corrected chi connectivity index (χ4v) is 2.13. The molecule has 0 saturated carbocycles. The van der Waals surface area contributed by atoms with Gasteiger partial charge < -0.3 is 4.74 Å². The van der Waals surface area contributed by atoms with E-state index in [9.17, 15) is 4.39 Å². The van der Waals surface area contributed by atoms with Gasteiger partial charge in [0.1, 0.15) is 11.4 Å². The van der Waals surface area contributed by atoms with E-state index >= 15 is 0 Å². The smallest absolute Gasteiger partial charge is 0.150 e. The monoisotopic (exact) mass is 302 g/mol. The zero-order chi connectivity index (χ0) is 14.2. The van der Waals surface area contributed by atoms with E-state index in [0.29, 0.717) is 28.8 Å². The lowest BCUT2D eigenvalue weighted by atomic mass is 10.2. The van der Waals surface area contributed by atoms with E-state index in [0.717, 1.165) is 0 Å². The molecule has 0 atom stereocenters. The van der Waals surface area contributed by atoms with Crippen LogP contribution in [-0.2, 0) is 0 Å². The Kier molecular flexibility index (Phi) is 4.02. The molecule has 0 aliphatic heterocycles. The number of benzene rings is 1. The molecule has 0 unspecified atom stereocenters. The van der Waals surface area contributed by atoms with Crippen LogP contribution in [-0.4, -0.2) is 16.4 Å². The molecule has 0 aliphatic rings. The average Bonchev–Trinajstić information content (AvgIpc) is 2.61. The second kappa shape index (κ2) is 5.39.